The molecule has 0 saturated carbocycles. The molecule has 2 aliphatic heterocycles. The Balaban J connectivity index is 1.51. The second-order valence-electron chi connectivity index (χ2n) is 6.19. The number of carbonyl (C=O) groups is 1. The van der Waals surface area contributed by atoms with Gasteiger partial charge in [-0.05, 0) is 37.1 Å². The molecule has 5 nitrogen and oxygen atoms in total. The van der Waals surface area contributed by atoms with Crippen molar-refractivity contribution in [1.82, 2.24) is 14.9 Å². The van der Waals surface area contributed by atoms with Crippen LogP contribution < -0.4 is 5.32 Å². The lowest BCUT2D eigenvalue weighted by Crippen LogP contribution is -2.46. The molecule has 118 valence electrons. The second-order valence-corrected chi connectivity index (χ2v) is 6.58. The fourth-order valence-electron chi connectivity index (χ4n) is 3.59. The predicted molar refractivity (Wildman–Crippen MR) is 88.8 cm³/mol. The Morgan fingerprint density at radius 3 is 2.83 bits per heavy atom. The van der Waals surface area contributed by atoms with Gasteiger partial charge in [-0.2, -0.15) is 0 Å². The van der Waals surface area contributed by atoms with Crippen molar-refractivity contribution in [2.24, 2.45) is 0 Å². The maximum atomic E-state index is 12.6. The van der Waals surface area contributed by atoms with Crippen LogP contribution in [0.1, 0.15) is 28.9 Å². The van der Waals surface area contributed by atoms with Crippen molar-refractivity contribution >= 4 is 23.2 Å². The van der Waals surface area contributed by atoms with Gasteiger partial charge in [-0.1, -0.05) is 11.6 Å². The third-order valence-electron chi connectivity index (χ3n) is 4.91. The number of halogens is 1. The highest BCUT2D eigenvalue weighted by atomic mass is 35.5. The Labute approximate surface area is 139 Å². The van der Waals surface area contributed by atoms with Crippen LogP contribution in [0.2, 0.25) is 5.15 Å². The fourth-order valence-corrected chi connectivity index (χ4v) is 3.76. The van der Waals surface area contributed by atoms with Crippen LogP contribution in [0.15, 0.2) is 36.7 Å². The number of anilines is 1. The molecular weight excluding hydrogens is 312 g/mol. The predicted octanol–water partition coefficient (Wildman–Crippen LogP) is 2.73. The van der Waals surface area contributed by atoms with Gasteiger partial charge in [-0.3, -0.25) is 9.78 Å². The highest BCUT2D eigenvalue weighted by Crippen LogP contribution is 2.42. The standard InChI is InChI=1S/C17H17ClN4O/c18-14-10-12(3-7-19-14)16(23)22-8-4-17(5-9-22)11-21-13-2-1-6-20-15(13)17/h1-3,6-7,10,21H,4-5,8-9,11H2. The SMILES string of the molecule is O=C(c1ccnc(Cl)c1)N1CCC2(CC1)CNc1cccnc12. The first-order valence-corrected chi connectivity index (χ1v) is 8.16. The Hall–Kier alpha value is -2.14. The molecule has 1 spiro atoms. The van der Waals surface area contributed by atoms with Crippen LogP contribution in [0, 0.1) is 0 Å². The number of rotatable bonds is 1. The lowest BCUT2D eigenvalue weighted by Gasteiger charge is -2.38. The van der Waals surface area contributed by atoms with Crippen LogP contribution in [-0.4, -0.2) is 40.4 Å². The summed E-state index contributed by atoms with van der Waals surface area (Å²) in [6, 6.07) is 7.37. The quantitative estimate of drug-likeness (QED) is 0.818. The van der Waals surface area contributed by atoms with Crippen LogP contribution in [0.4, 0.5) is 5.69 Å². The summed E-state index contributed by atoms with van der Waals surface area (Å²) in [5, 5.41) is 3.80. The largest absolute Gasteiger partial charge is 0.383 e. The molecular formula is C17H17ClN4O. The molecule has 2 aliphatic rings. The number of hydrogen-bond donors (Lipinski definition) is 1. The van der Waals surface area contributed by atoms with Gasteiger partial charge in [-0.25, -0.2) is 4.98 Å². The first-order valence-electron chi connectivity index (χ1n) is 7.78. The van der Waals surface area contributed by atoms with Crippen molar-refractivity contribution in [3.8, 4) is 0 Å². The number of nitrogens with zero attached hydrogens (tertiary/aromatic N) is 3. The molecule has 4 heterocycles. The van der Waals surface area contributed by atoms with E-state index in [9.17, 15) is 4.79 Å². The zero-order chi connectivity index (χ0) is 15.9. The Bertz CT molecular complexity index is 756. The molecule has 0 unspecified atom stereocenters. The molecule has 2 aromatic heterocycles. The van der Waals surface area contributed by atoms with Gasteiger partial charge >= 0.3 is 0 Å². The number of likely N-dealkylation sites (tertiary alicyclic amines) is 1. The first kappa shape index (κ1) is 14.5. The van der Waals surface area contributed by atoms with Crippen molar-refractivity contribution in [3.63, 3.8) is 0 Å². The van der Waals surface area contributed by atoms with Gasteiger partial charge in [0.2, 0.25) is 0 Å². The summed E-state index contributed by atoms with van der Waals surface area (Å²) in [6.07, 6.45) is 5.27. The number of hydrogen-bond acceptors (Lipinski definition) is 4. The lowest BCUT2D eigenvalue weighted by atomic mass is 9.76. The number of aromatic nitrogens is 2. The van der Waals surface area contributed by atoms with E-state index in [-0.39, 0.29) is 11.3 Å². The molecule has 2 aromatic rings. The van der Waals surface area contributed by atoms with Gasteiger partial charge in [0.05, 0.1) is 11.4 Å². The van der Waals surface area contributed by atoms with E-state index in [1.807, 2.05) is 17.2 Å². The summed E-state index contributed by atoms with van der Waals surface area (Å²) in [4.78, 5) is 23.0. The van der Waals surface area contributed by atoms with Crippen LogP contribution in [0.3, 0.4) is 0 Å². The molecule has 0 bridgehead atoms. The molecule has 23 heavy (non-hydrogen) atoms. The van der Waals surface area contributed by atoms with E-state index in [1.165, 1.54) is 0 Å². The van der Waals surface area contributed by atoms with E-state index in [0.717, 1.165) is 43.9 Å². The van der Waals surface area contributed by atoms with E-state index < -0.39 is 0 Å². The second kappa shape index (κ2) is 5.49. The Kier molecular flexibility index (Phi) is 3.45. The third kappa shape index (κ3) is 2.45. The summed E-state index contributed by atoms with van der Waals surface area (Å²) in [7, 11) is 0. The molecule has 0 atom stereocenters. The first-order chi connectivity index (χ1) is 11.2. The monoisotopic (exact) mass is 328 g/mol. The minimum absolute atomic E-state index is 0.0244. The van der Waals surface area contributed by atoms with Crippen molar-refractivity contribution in [3.05, 3.63) is 53.1 Å². The van der Waals surface area contributed by atoms with E-state index in [2.05, 4.69) is 21.4 Å². The average Bonchev–Trinajstić information content (AvgIpc) is 2.94. The normalized spacial score (nSPS) is 18.6. The van der Waals surface area contributed by atoms with Crippen molar-refractivity contribution in [2.45, 2.75) is 18.3 Å². The van der Waals surface area contributed by atoms with E-state index in [1.54, 1.807) is 18.3 Å². The summed E-state index contributed by atoms with van der Waals surface area (Å²) in [5.74, 6) is 0.0244. The fraction of sp³-hybridized carbons (Fsp3) is 0.353. The number of fused-ring (bicyclic) bond motifs is 2. The minimum atomic E-state index is 0.0244. The topological polar surface area (TPSA) is 58.1 Å². The van der Waals surface area contributed by atoms with Crippen LogP contribution in [0.25, 0.3) is 0 Å². The molecule has 1 N–H and O–H groups in total. The molecule has 1 amide bonds. The number of nitrogens with one attached hydrogen (secondary N) is 1. The summed E-state index contributed by atoms with van der Waals surface area (Å²) in [5.41, 5.74) is 2.94. The molecule has 0 aromatic carbocycles. The summed E-state index contributed by atoms with van der Waals surface area (Å²) >= 11 is 5.88. The third-order valence-corrected chi connectivity index (χ3v) is 5.12. The zero-order valence-electron chi connectivity index (χ0n) is 12.6. The summed E-state index contributed by atoms with van der Waals surface area (Å²) in [6.45, 7) is 2.37. The maximum Gasteiger partial charge on any atom is 0.254 e. The van der Waals surface area contributed by atoms with Crippen LogP contribution in [0.5, 0.6) is 0 Å². The van der Waals surface area contributed by atoms with E-state index >= 15 is 0 Å². The lowest BCUT2D eigenvalue weighted by molar-refractivity contribution is 0.0674. The molecule has 6 heteroatoms. The van der Waals surface area contributed by atoms with Gasteiger partial charge in [0, 0.05) is 43.0 Å². The van der Waals surface area contributed by atoms with Crippen LogP contribution >= 0.6 is 11.6 Å². The van der Waals surface area contributed by atoms with Gasteiger partial charge in [0.25, 0.3) is 5.91 Å². The molecule has 0 radical (unpaired) electrons. The minimum Gasteiger partial charge on any atom is -0.383 e. The highest BCUT2D eigenvalue weighted by Gasteiger charge is 2.43. The number of piperidine rings is 1. The van der Waals surface area contributed by atoms with Crippen molar-refractivity contribution < 1.29 is 4.79 Å². The van der Waals surface area contributed by atoms with Gasteiger partial charge in [-0.15, -0.1) is 0 Å². The zero-order valence-corrected chi connectivity index (χ0v) is 13.4. The number of pyridine rings is 2. The molecule has 4 rings (SSSR count). The molecule has 1 fully saturated rings. The van der Waals surface area contributed by atoms with Crippen molar-refractivity contribution in [1.29, 1.82) is 0 Å². The average molecular weight is 329 g/mol. The van der Waals surface area contributed by atoms with E-state index in [4.69, 9.17) is 11.6 Å². The van der Waals surface area contributed by atoms with Gasteiger partial charge in [0.1, 0.15) is 5.15 Å². The highest BCUT2D eigenvalue weighted by molar-refractivity contribution is 6.29. The Morgan fingerprint density at radius 2 is 2.04 bits per heavy atom. The maximum absolute atomic E-state index is 12.6. The van der Waals surface area contributed by atoms with E-state index in [0.29, 0.717) is 10.7 Å². The smallest absolute Gasteiger partial charge is 0.254 e. The molecule has 0 aliphatic carbocycles. The summed E-state index contributed by atoms with van der Waals surface area (Å²) < 4.78 is 0. The molecule has 1 saturated heterocycles. The van der Waals surface area contributed by atoms with Crippen LogP contribution in [-0.2, 0) is 5.41 Å². The van der Waals surface area contributed by atoms with Gasteiger partial charge in [0.15, 0.2) is 0 Å². The Morgan fingerprint density at radius 1 is 1.22 bits per heavy atom. The number of carbonyl (C=O) groups excluding carboxylic acids is 1. The van der Waals surface area contributed by atoms with Crippen molar-refractivity contribution in [2.75, 3.05) is 25.0 Å². The number of amides is 1. The van der Waals surface area contributed by atoms with Gasteiger partial charge < -0.3 is 10.2 Å².